The zero-order chi connectivity index (χ0) is 12.6. The van der Waals surface area contributed by atoms with E-state index in [2.05, 4.69) is 39.8 Å². The lowest BCUT2D eigenvalue weighted by molar-refractivity contribution is 0.723. The summed E-state index contributed by atoms with van der Waals surface area (Å²) in [4.78, 5) is 0. The Morgan fingerprint density at radius 1 is 0.938 bits per heavy atom. The zero-order valence-electron chi connectivity index (χ0n) is 11.8. The summed E-state index contributed by atoms with van der Waals surface area (Å²) in [6.07, 6.45) is 13.7. The first-order chi connectivity index (χ1) is 7.68. The van der Waals surface area contributed by atoms with Crippen LogP contribution in [0.15, 0.2) is 12.2 Å². The molecular weight excluding hydrogens is 216 g/mol. The molecule has 0 fully saturated rings. The van der Waals surface area contributed by atoms with Crippen LogP contribution in [0, 0.1) is 5.92 Å². The molecule has 0 aromatic rings. The highest BCUT2D eigenvalue weighted by Crippen LogP contribution is 2.01. The molecular formula is C15H31Cl. The van der Waals surface area contributed by atoms with E-state index in [0.717, 1.165) is 11.8 Å². The van der Waals surface area contributed by atoms with Crippen LogP contribution in [0.5, 0.6) is 0 Å². The number of rotatable bonds is 8. The van der Waals surface area contributed by atoms with Gasteiger partial charge in [0.1, 0.15) is 0 Å². The molecule has 0 saturated carbocycles. The number of allylic oxidation sites excluding steroid dienone is 2. The van der Waals surface area contributed by atoms with E-state index in [0.29, 0.717) is 0 Å². The SMILES string of the molecule is CCCCC/C=C\C(C)C.CCCCCCl. The second-order valence-corrected chi connectivity index (χ2v) is 4.94. The normalized spacial score (nSPS) is 10.6. The highest BCUT2D eigenvalue weighted by molar-refractivity contribution is 6.17. The molecule has 0 aliphatic carbocycles. The fourth-order valence-electron chi connectivity index (χ4n) is 1.23. The van der Waals surface area contributed by atoms with Crippen LogP contribution >= 0.6 is 11.6 Å². The van der Waals surface area contributed by atoms with Crippen molar-refractivity contribution in [2.45, 2.75) is 72.6 Å². The van der Waals surface area contributed by atoms with E-state index < -0.39 is 0 Å². The van der Waals surface area contributed by atoms with Crippen molar-refractivity contribution in [1.29, 1.82) is 0 Å². The Morgan fingerprint density at radius 2 is 1.50 bits per heavy atom. The quantitative estimate of drug-likeness (QED) is 0.272. The van der Waals surface area contributed by atoms with E-state index in [-0.39, 0.29) is 0 Å². The highest BCUT2D eigenvalue weighted by Gasteiger charge is 1.83. The molecule has 0 amide bonds. The second kappa shape index (κ2) is 17.4. The molecule has 0 aliphatic rings. The van der Waals surface area contributed by atoms with Crippen molar-refractivity contribution in [2.24, 2.45) is 5.92 Å². The molecule has 0 N–H and O–H groups in total. The number of halogens is 1. The lowest BCUT2D eigenvalue weighted by Gasteiger charge is -1.94. The Bertz CT molecular complexity index is 123. The molecule has 0 heterocycles. The minimum atomic E-state index is 0.724. The lowest BCUT2D eigenvalue weighted by atomic mass is 10.1. The molecule has 0 saturated heterocycles. The van der Waals surface area contributed by atoms with Gasteiger partial charge in [0.15, 0.2) is 0 Å². The molecule has 0 atom stereocenters. The number of unbranched alkanes of at least 4 members (excludes halogenated alkanes) is 5. The molecule has 1 heteroatoms. The first kappa shape index (κ1) is 18.4. The lowest BCUT2D eigenvalue weighted by Crippen LogP contribution is -1.77. The largest absolute Gasteiger partial charge is 0.127 e. The summed E-state index contributed by atoms with van der Waals surface area (Å²) >= 11 is 5.38. The van der Waals surface area contributed by atoms with Crippen molar-refractivity contribution in [3.8, 4) is 0 Å². The van der Waals surface area contributed by atoms with E-state index >= 15 is 0 Å². The van der Waals surface area contributed by atoms with Crippen molar-refractivity contribution < 1.29 is 0 Å². The van der Waals surface area contributed by atoms with Crippen LogP contribution in [-0.4, -0.2) is 5.88 Å². The maximum atomic E-state index is 5.38. The van der Waals surface area contributed by atoms with E-state index in [4.69, 9.17) is 11.6 Å². The standard InChI is InChI=1S/C10H20.C5H11Cl/c1-4-5-6-7-8-9-10(2)3;1-2-3-4-5-6/h8-10H,4-7H2,1-3H3;2-5H2,1H3/b9-8-;. The third kappa shape index (κ3) is 23.7. The predicted octanol–water partition coefficient (Wildman–Crippen LogP) is 6.19. The van der Waals surface area contributed by atoms with Gasteiger partial charge in [-0.3, -0.25) is 0 Å². The third-order valence-electron chi connectivity index (χ3n) is 2.23. The summed E-state index contributed by atoms with van der Waals surface area (Å²) in [6, 6.07) is 0. The molecule has 0 bridgehead atoms. The van der Waals surface area contributed by atoms with Gasteiger partial charge in [-0.1, -0.05) is 65.5 Å². The minimum absolute atomic E-state index is 0.724. The van der Waals surface area contributed by atoms with Crippen LogP contribution < -0.4 is 0 Å². The first-order valence-corrected chi connectivity index (χ1v) is 7.45. The Morgan fingerprint density at radius 3 is 1.88 bits per heavy atom. The van der Waals surface area contributed by atoms with Crippen molar-refractivity contribution in [2.75, 3.05) is 5.88 Å². The average Bonchev–Trinajstić information content (AvgIpc) is 2.26. The number of hydrogen-bond donors (Lipinski definition) is 0. The monoisotopic (exact) mass is 246 g/mol. The van der Waals surface area contributed by atoms with Crippen LogP contribution in [0.3, 0.4) is 0 Å². The van der Waals surface area contributed by atoms with Gasteiger partial charge in [0, 0.05) is 5.88 Å². The Labute approximate surface area is 108 Å². The summed E-state index contributed by atoms with van der Waals surface area (Å²) in [5.74, 6) is 1.55. The maximum Gasteiger partial charge on any atom is 0.0223 e. The Kier molecular flexibility index (Phi) is 20.0. The van der Waals surface area contributed by atoms with Crippen LogP contribution in [0.2, 0.25) is 0 Å². The van der Waals surface area contributed by atoms with Gasteiger partial charge in [-0.15, -0.1) is 11.6 Å². The van der Waals surface area contributed by atoms with E-state index in [1.807, 2.05) is 0 Å². The Balaban J connectivity index is 0. The Hall–Kier alpha value is 0.0300. The summed E-state index contributed by atoms with van der Waals surface area (Å²) in [5, 5.41) is 0. The van der Waals surface area contributed by atoms with E-state index in [1.165, 1.54) is 44.9 Å². The van der Waals surface area contributed by atoms with Crippen molar-refractivity contribution in [3.05, 3.63) is 12.2 Å². The summed E-state index contributed by atoms with van der Waals surface area (Å²) in [6.45, 7) is 8.85. The first-order valence-electron chi connectivity index (χ1n) is 6.91. The highest BCUT2D eigenvalue weighted by atomic mass is 35.5. The number of hydrogen-bond acceptors (Lipinski definition) is 0. The zero-order valence-corrected chi connectivity index (χ0v) is 12.5. The third-order valence-corrected chi connectivity index (χ3v) is 2.50. The summed E-state index contributed by atoms with van der Waals surface area (Å²) in [5.41, 5.74) is 0. The van der Waals surface area contributed by atoms with E-state index in [9.17, 15) is 0 Å². The van der Waals surface area contributed by atoms with Gasteiger partial charge in [0.2, 0.25) is 0 Å². The molecule has 0 spiro atoms. The summed E-state index contributed by atoms with van der Waals surface area (Å²) < 4.78 is 0. The van der Waals surface area contributed by atoms with Crippen LogP contribution in [0.1, 0.15) is 72.6 Å². The van der Waals surface area contributed by atoms with Crippen LogP contribution in [0.4, 0.5) is 0 Å². The van der Waals surface area contributed by atoms with Crippen molar-refractivity contribution in [3.63, 3.8) is 0 Å². The molecule has 0 unspecified atom stereocenters. The van der Waals surface area contributed by atoms with Gasteiger partial charge < -0.3 is 0 Å². The van der Waals surface area contributed by atoms with Gasteiger partial charge in [-0.25, -0.2) is 0 Å². The minimum Gasteiger partial charge on any atom is -0.127 e. The van der Waals surface area contributed by atoms with Crippen molar-refractivity contribution in [1.82, 2.24) is 0 Å². The molecule has 0 aromatic heterocycles. The second-order valence-electron chi connectivity index (χ2n) is 4.56. The molecule has 16 heavy (non-hydrogen) atoms. The number of alkyl halides is 1. The molecule has 0 rings (SSSR count). The predicted molar refractivity (Wildman–Crippen MR) is 78.4 cm³/mol. The molecule has 98 valence electrons. The van der Waals surface area contributed by atoms with Crippen LogP contribution in [-0.2, 0) is 0 Å². The van der Waals surface area contributed by atoms with Gasteiger partial charge in [-0.05, 0) is 25.2 Å². The fraction of sp³-hybridized carbons (Fsp3) is 0.867. The van der Waals surface area contributed by atoms with E-state index in [1.54, 1.807) is 0 Å². The van der Waals surface area contributed by atoms with Gasteiger partial charge in [0.05, 0.1) is 0 Å². The van der Waals surface area contributed by atoms with Crippen LogP contribution in [0.25, 0.3) is 0 Å². The van der Waals surface area contributed by atoms with Crippen molar-refractivity contribution >= 4 is 11.6 Å². The fourth-order valence-corrected chi connectivity index (χ4v) is 1.41. The molecule has 0 nitrogen and oxygen atoms in total. The van der Waals surface area contributed by atoms with Gasteiger partial charge in [0.25, 0.3) is 0 Å². The molecule has 0 aromatic carbocycles. The summed E-state index contributed by atoms with van der Waals surface area (Å²) in [7, 11) is 0. The van der Waals surface area contributed by atoms with Gasteiger partial charge >= 0.3 is 0 Å². The smallest absolute Gasteiger partial charge is 0.0223 e. The maximum absolute atomic E-state index is 5.38. The average molecular weight is 247 g/mol. The molecule has 0 radical (unpaired) electrons. The topological polar surface area (TPSA) is 0 Å². The van der Waals surface area contributed by atoms with Gasteiger partial charge in [-0.2, -0.15) is 0 Å². The molecule has 0 aliphatic heterocycles.